The summed E-state index contributed by atoms with van der Waals surface area (Å²) in [5.74, 6) is -0.103. The molecule has 0 heterocycles. The Morgan fingerprint density at radius 2 is 1.83 bits per heavy atom. The van der Waals surface area contributed by atoms with Crippen LogP contribution in [0, 0.1) is 5.92 Å². The topological polar surface area (TPSA) is 70.2 Å². The van der Waals surface area contributed by atoms with Crippen molar-refractivity contribution in [1.29, 1.82) is 0 Å². The first-order valence-corrected chi connectivity index (χ1v) is 6.22. The SMILES string of the molecule is CCC(C)NC(=O)CCNC(=O)C(C)CNC.Cl. The highest BCUT2D eigenvalue weighted by atomic mass is 35.5. The van der Waals surface area contributed by atoms with E-state index in [9.17, 15) is 9.59 Å². The minimum absolute atomic E-state index is 0. The molecule has 0 spiro atoms. The van der Waals surface area contributed by atoms with Crippen molar-refractivity contribution >= 4 is 24.2 Å². The monoisotopic (exact) mass is 279 g/mol. The zero-order chi connectivity index (χ0) is 13.3. The van der Waals surface area contributed by atoms with E-state index in [2.05, 4.69) is 16.0 Å². The van der Waals surface area contributed by atoms with E-state index in [0.717, 1.165) is 6.42 Å². The molecule has 0 fully saturated rings. The van der Waals surface area contributed by atoms with Crippen LogP contribution in [0.5, 0.6) is 0 Å². The Labute approximate surface area is 116 Å². The van der Waals surface area contributed by atoms with Gasteiger partial charge in [-0.25, -0.2) is 0 Å². The molecule has 108 valence electrons. The van der Waals surface area contributed by atoms with Crippen LogP contribution in [0.15, 0.2) is 0 Å². The van der Waals surface area contributed by atoms with E-state index in [1.807, 2.05) is 27.8 Å². The summed E-state index contributed by atoms with van der Waals surface area (Å²) in [7, 11) is 1.81. The number of amides is 2. The predicted octanol–water partition coefficient (Wildman–Crippen LogP) is 0.685. The van der Waals surface area contributed by atoms with Gasteiger partial charge in [0.15, 0.2) is 0 Å². The molecule has 2 atom stereocenters. The van der Waals surface area contributed by atoms with E-state index in [1.54, 1.807) is 0 Å². The smallest absolute Gasteiger partial charge is 0.224 e. The molecule has 0 aromatic heterocycles. The largest absolute Gasteiger partial charge is 0.355 e. The van der Waals surface area contributed by atoms with Gasteiger partial charge in [-0.2, -0.15) is 0 Å². The lowest BCUT2D eigenvalue weighted by Gasteiger charge is -2.13. The number of nitrogens with one attached hydrogen (secondary N) is 3. The molecule has 5 nitrogen and oxygen atoms in total. The van der Waals surface area contributed by atoms with Gasteiger partial charge in [0.2, 0.25) is 11.8 Å². The van der Waals surface area contributed by atoms with Crippen LogP contribution in [0.4, 0.5) is 0 Å². The van der Waals surface area contributed by atoms with E-state index < -0.39 is 0 Å². The lowest BCUT2D eigenvalue weighted by Crippen LogP contribution is -2.38. The maximum absolute atomic E-state index is 11.5. The maximum atomic E-state index is 11.5. The second-order valence-electron chi connectivity index (χ2n) is 4.38. The van der Waals surface area contributed by atoms with Crippen LogP contribution in [0.1, 0.15) is 33.6 Å². The molecular weight excluding hydrogens is 254 g/mol. The van der Waals surface area contributed by atoms with Crippen LogP contribution in [-0.4, -0.2) is 38.0 Å². The van der Waals surface area contributed by atoms with Gasteiger partial charge in [-0.1, -0.05) is 13.8 Å². The van der Waals surface area contributed by atoms with Crippen molar-refractivity contribution in [2.75, 3.05) is 20.1 Å². The van der Waals surface area contributed by atoms with E-state index in [4.69, 9.17) is 0 Å². The minimum atomic E-state index is -0.0716. The molecular formula is C12H26ClN3O2. The summed E-state index contributed by atoms with van der Waals surface area (Å²) in [5.41, 5.74) is 0. The Morgan fingerprint density at radius 3 is 2.33 bits per heavy atom. The molecule has 0 aromatic rings. The predicted molar refractivity (Wildman–Crippen MR) is 75.9 cm³/mol. The number of rotatable bonds is 8. The molecule has 18 heavy (non-hydrogen) atoms. The Hall–Kier alpha value is -0.810. The molecule has 6 heteroatoms. The maximum Gasteiger partial charge on any atom is 0.224 e. The Morgan fingerprint density at radius 1 is 1.22 bits per heavy atom. The summed E-state index contributed by atoms with van der Waals surface area (Å²) in [4.78, 5) is 22.9. The van der Waals surface area contributed by atoms with Gasteiger partial charge in [-0.3, -0.25) is 9.59 Å². The van der Waals surface area contributed by atoms with Gasteiger partial charge >= 0.3 is 0 Å². The fraction of sp³-hybridized carbons (Fsp3) is 0.833. The van der Waals surface area contributed by atoms with Crippen molar-refractivity contribution < 1.29 is 9.59 Å². The standard InChI is InChI=1S/C12H25N3O2.ClH/c1-5-10(3)15-11(16)6-7-14-12(17)9(2)8-13-4;/h9-10,13H,5-8H2,1-4H3,(H,14,17)(H,15,16);1H. The average Bonchev–Trinajstić information content (AvgIpc) is 2.28. The first kappa shape index (κ1) is 19.5. The number of hydrogen-bond acceptors (Lipinski definition) is 3. The van der Waals surface area contributed by atoms with Gasteiger partial charge < -0.3 is 16.0 Å². The van der Waals surface area contributed by atoms with Crippen molar-refractivity contribution in [1.82, 2.24) is 16.0 Å². The molecule has 0 aliphatic rings. The van der Waals surface area contributed by atoms with Gasteiger partial charge in [-0.05, 0) is 20.4 Å². The first-order valence-electron chi connectivity index (χ1n) is 6.22. The lowest BCUT2D eigenvalue weighted by atomic mass is 10.1. The van der Waals surface area contributed by atoms with Crippen LogP contribution in [0.3, 0.4) is 0 Å². The van der Waals surface area contributed by atoms with Crippen molar-refractivity contribution in [3.05, 3.63) is 0 Å². The van der Waals surface area contributed by atoms with Crippen LogP contribution in [0.25, 0.3) is 0 Å². The number of halogens is 1. The molecule has 3 N–H and O–H groups in total. The summed E-state index contributed by atoms with van der Waals surface area (Å²) >= 11 is 0. The molecule has 2 amide bonds. The van der Waals surface area contributed by atoms with Crippen molar-refractivity contribution in [2.24, 2.45) is 5.92 Å². The summed E-state index contributed by atoms with van der Waals surface area (Å²) in [5, 5.41) is 8.55. The van der Waals surface area contributed by atoms with Crippen LogP contribution in [-0.2, 0) is 9.59 Å². The van der Waals surface area contributed by atoms with Crippen LogP contribution >= 0.6 is 12.4 Å². The fourth-order valence-electron chi connectivity index (χ4n) is 1.32. The summed E-state index contributed by atoms with van der Waals surface area (Å²) in [6, 6.07) is 0.196. The zero-order valence-corrected chi connectivity index (χ0v) is 12.5. The molecule has 0 saturated heterocycles. The second-order valence-corrected chi connectivity index (χ2v) is 4.38. The quantitative estimate of drug-likeness (QED) is 0.612. The highest BCUT2D eigenvalue weighted by Crippen LogP contribution is 1.93. The fourth-order valence-corrected chi connectivity index (χ4v) is 1.32. The van der Waals surface area contributed by atoms with Gasteiger partial charge in [0.25, 0.3) is 0 Å². The molecule has 0 aliphatic carbocycles. The summed E-state index contributed by atoms with van der Waals surface area (Å²) in [6.45, 7) is 6.88. The normalized spacial score (nSPS) is 13.1. The third-order valence-electron chi connectivity index (χ3n) is 2.63. The molecule has 0 radical (unpaired) electrons. The number of carbonyl (C=O) groups is 2. The lowest BCUT2D eigenvalue weighted by molar-refractivity contribution is -0.124. The summed E-state index contributed by atoms with van der Waals surface area (Å²) in [6.07, 6.45) is 1.25. The Bertz CT molecular complexity index is 249. The van der Waals surface area contributed by atoms with E-state index >= 15 is 0 Å². The summed E-state index contributed by atoms with van der Waals surface area (Å²) < 4.78 is 0. The van der Waals surface area contributed by atoms with Gasteiger partial charge in [0.1, 0.15) is 0 Å². The van der Waals surface area contributed by atoms with E-state index in [1.165, 1.54) is 0 Å². The Kier molecular flexibility index (Phi) is 12.2. The Balaban J connectivity index is 0. The van der Waals surface area contributed by atoms with Gasteiger partial charge in [0, 0.05) is 31.5 Å². The first-order chi connectivity index (χ1) is 8.01. The highest BCUT2D eigenvalue weighted by Gasteiger charge is 2.11. The average molecular weight is 280 g/mol. The van der Waals surface area contributed by atoms with Crippen molar-refractivity contribution in [2.45, 2.75) is 39.7 Å². The molecule has 0 aliphatic heterocycles. The zero-order valence-electron chi connectivity index (χ0n) is 11.7. The van der Waals surface area contributed by atoms with Crippen molar-refractivity contribution in [3.63, 3.8) is 0 Å². The van der Waals surface area contributed by atoms with E-state index in [-0.39, 0.29) is 36.2 Å². The number of hydrogen-bond donors (Lipinski definition) is 3. The minimum Gasteiger partial charge on any atom is -0.355 e. The van der Waals surface area contributed by atoms with Crippen molar-refractivity contribution in [3.8, 4) is 0 Å². The third kappa shape index (κ3) is 9.24. The highest BCUT2D eigenvalue weighted by molar-refractivity contribution is 5.85. The number of carbonyl (C=O) groups excluding carboxylic acids is 2. The van der Waals surface area contributed by atoms with Gasteiger partial charge in [-0.15, -0.1) is 12.4 Å². The van der Waals surface area contributed by atoms with Crippen LogP contribution < -0.4 is 16.0 Å². The molecule has 0 saturated carbocycles. The molecule has 2 unspecified atom stereocenters. The third-order valence-corrected chi connectivity index (χ3v) is 2.63. The van der Waals surface area contributed by atoms with E-state index in [0.29, 0.717) is 19.5 Å². The molecule has 0 rings (SSSR count). The molecule has 0 aromatic carbocycles. The van der Waals surface area contributed by atoms with Crippen LogP contribution in [0.2, 0.25) is 0 Å². The molecule has 0 bridgehead atoms. The second kappa shape index (κ2) is 11.3. The van der Waals surface area contributed by atoms with Gasteiger partial charge in [0.05, 0.1) is 0 Å².